The molecule has 2 aromatic rings. The minimum absolute atomic E-state index is 0.380. The van der Waals surface area contributed by atoms with Gasteiger partial charge in [-0.05, 0) is 19.0 Å². The number of furan rings is 1. The number of ether oxygens (including phenoxy) is 1. The van der Waals surface area contributed by atoms with Crippen LogP contribution in [0.4, 0.5) is 0 Å². The van der Waals surface area contributed by atoms with Crippen LogP contribution < -0.4 is 5.32 Å². The zero-order valence-corrected chi connectivity index (χ0v) is 10.8. The van der Waals surface area contributed by atoms with Crippen LogP contribution in [0.2, 0.25) is 0 Å². The Labute approximate surface area is 111 Å². The highest BCUT2D eigenvalue weighted by molar-refractivity contribution is 5.88. The van der Waals surface area contributed by atoms with Gasteiger partial charge >= 0.3 is 5.97 Å². The van der Waals surface area contributed by atoms with Crippen molar-refractivity contribution in [3.05, 3.63) is 42.4 Å². The Morgan fingerprint density at radius 3 is 3.21 bits per heavy atom. The van der Waals surface area contributed by atoms with Gasteiger partial charge in [-0.2, -0.15) is 0 Å². The lowest BCUT2D eigenvalue weighted by Crippen LogP contribution is -2.15. The fourth-order valence-corrected chi connectivity index (χ4v) is 1.72. The molecule has 6 nitrogen and oxygen atoms in total. The van der Waals surface area contributed by atoms with Gasteiger partial charge in [0.2, 0.25) is 0 Å². The molecule has 0 unspecified atom stereocenters. The molecule has 0 amide bonds. The fraction of sp³-hybridized carbons (Fsp3) is 0.385. The van der Waals surface area contributed by atoms with E-state index in [1.54, 1.807) is 18.6 Å². The highest BCUT2D eigenvalue weighted by Gasteiger charge is 2.09. The number of imidazole rings is 1. The van der Waals surface area contributed by atoms with E-state index in [0.29, 0.717) is 12.1 Å². The van der Waals surface area contributed by atoms with Gasteiger partial charge < -0.3 is 19.0 Å². The SMILES string of the molecule is COC(=O)c1coc(CNCCCn2ccnc2)c1. The van der Waals surface area contributed by atoms with Gasteiger partial charge in [0.05, 0.1) is 25.5 Å². The third-order valence-electron chi connectivity index (χ3n) is 2.70. The molecule has 2 rings (SSSR count). The molecule has 0 bridgehead atoms. The van der Waals surface area contributed by atoms with Crippen molar-refractivity contribution in [1.82, 2.24) is 14.9 Å². The molecule has 0 fully saturated rings. The molecule has 0 radical (unpaired) electrons. The summed E-state index contributed by atoms with van der Waals surface area (Å²) in [6, 6.07) is 1.69. The van der Waals surface area contributed by atoms with Gasteiger partial charge in [0.15, 0.2) is 0 Å². The molecule has 6 heteroatoms. The molecule has 102 valence electrons. The summed E-state index contributed by atoms with van der Waals surface area (Å²) >= 11 is 0. The molecule has 0 aliphatic carbocycles. The second-order valence-corrected chi connectivity index (χ2v) is 4.12. The number of nitrogens with one attached hydrogen (secondary N) is 1. The van der Waals surface area contributed by atoms with Gasteiger partial charge in [-0.15, -0.1) is 0 Å². The van der Waals surface area contributed by atoms with E-state index in [4.69, 9.17) is 4.42 Å². The summed E-state index contributed by atoms with van der Waals surface area (Å²) in [4.78, 5) is 15.2. The van der Waals surface area contributed by atoms with Crippen LogP contribution >= 0.6 is 0 Å². The van der Waals surface area contributed by atoms with E-state index in [-0.39, 0.29) is 5.97 Å². The molecule has 0 spiro atoms. The topological polar surface area (TPSA) is 69.3 Å². The van der Waals surface area contributed by atoms with Crippen molar-refractivity contribution < 1.29 is 13.9 Å². The molecule has 19 heavy (non-hydrogen) atoms. The average Bonchev–Trinajstić information content (AvgIpc) is 3.08. The number of hydrogen-bond donors (Lipinski definition) is 1. The number of rotatable bonds is 7. The molecule has 0 saturated heterocycles. The first-order valence-corrected chi connectivity index (χ1v) is 6.12. The van der Waals surface area contributed by atoms with E-state index in [1.165, 1.54) is 13.4 Å². The fourth-order valence-electron chi connectivity index (χ4n) is 1.72. The first-order valence-electron chi connectivity index (χ1n) is 6.12. The molecule has 0 atom stereocenters. The van der Waals surface area contributed by atoms with E-state index in [1.807, 2.05) is 10.8 Å². The van der Waals surface area contributed by atoms with Crippen LogP contribution in [0.5, 0.6) is 0 Å². The van der Waals surface area contributed by atoms with Crippen LogP contribution in [-0.4, -0.2) is 29.2 Å². The Balaban J connectivity index is 1.65. The molecule has 0 aliphatic rings. The summed E-state index contributed by atoms with van der Waals surface area (Å²) in [6.45, 7) is 2.39. The number of aromatic nitrogens is 2. The van der Waals surface area contributed by atoms with Crippen LogP contribution in [-0.2, 0) is 17.8 Å². The monoisotopic (exact) mass is 263 g/mol. The van der Waals surface area contributed by atoms with Crippen LogP contribution in [0.25, 0.3) is 0 Å². The predicted molar refractivity (Wildman–Crippen MR) is 68.6 cm³/mol. The number of carbonyl (C=O) groups excluding carboxylic acids is 1. The zero-order chi connectivity index (χ0) is 13.5. The Morgan fingerprint density at radius 2 is 2.47 bits per heavy atom. The largest absolute Gasteiger partial charge is 0.467 e. The second-order valence-electron chi connectivity index (χ2n) is 4.12. The molecule has 0 aromatic carbocycles. The van der Waals surface area contributed by atoms with E-state index in [9.17, 15) is 4.79 Å². The first-order chi connectivity index (χ1) is 9.29. The lowest BCUT2D eigenvalue weighted by atomic mass is 10.3. The third-order valence-corrected chi connectivity index (χ3v) is 2.70. The zero-order valence-electron chi connectivity index (χ0n) is 10.8. The second kappa shape index (κ2) is 6.75. The van der Waals surface area contributed by atoms with Crippen molar-refractivity contribution in [2.75, 3.05) is 13.7 Å². The summed E-state index contributed by atoms with van der Waals surface area (Å²) in [7, 11) is 1.35. The Bertz CT molecular complexity index is 505. The van der Waals surface area contributed by atoms with Gasteiger partial charge in [0, 0.05) is 18.9 Å². The van der Waals surface area contributed by atoms with E-state index >= 15 is 0 Å². The summed E-state index contributed by atoms with van der Waals surface area (Å²) in [6.07, 6.45) is 7.92. The predicted octanol–water partition coefficient (Wildman–Crippen LogP) is 1.44. The Morgan fingerprint density at radius 1 is 1.58 bits per heavy atom. The van der Waals surface area contributed by atoms with Crippen molar-refractivity contribution in [1.29, 1.82) is 0 Å². The van der Waals surface area contributed by atoms with Gasteiger partial charge in [0.1, 0.15) is 12.0 Å². The quantitative estimate of drug-likeness (QED) is 0.604. The number of carbonyl (C=O) groups is 1. The maximum absolute atomic E-state index is 11.2. The minimum Gasteiger partial charge on any atom is -0.467 e. The van der Waals surface area contributed by atoms with Crippen LogP contribution in [0.3, 0.4) is 0 Å². The first kappa shape index (κ1) is 13.4. The van der Waals surface area contributed by atoms with E-state index in [0.717, 1.165) is 25.3 Å². The maximum atomic E-state index is 11.2. The van der Waals surface area contributed by atoms with E-state index < -0.39 is 0 Å². The van der Waals surface area contributed by atoms with Crippen molar-refractivity contribution in [3.63, 3.8) is 0 Å². The van der Waals surface area contributed by atoms with Gasteiger partial charge in [0.25, 0.3) is 0 Å². The molecular formula is C13H17N3O3. The van der Waals surface area contributed by atoms with Gasteiger partial charge in [-0.3, -0.25) is 0 Å². The molecule has 2 heterocycles. The summed E-state index contributed by atoms with van der Waals surface area (Å²) in [5, 5.41) is 3.25. The lowest BCUT2D eigenvalue weighted by molar-refractivity contribution is 0.0600. The van der Waals surface area contributed by atoms with Crippen LogP contribution in [0.1, 0.15) is 22.5 Å². The summed E-state index contributed by atoms with van der Waals surface area (Å²) in [5.41, 5.74) is 0.442. The van der Waals surface area contributed by atoms with Gasteiger partial charge in [-0.1, -0.05) is 0 Å². The standard InChI is InChI=1S/C13H17N3O3/c1-18-13(17)11-7-12(19-9-11)8-14-3-2-5-16-6-4-15-10-16/h4,6-7,9-10,14H,2-3,5,8H2,1H3. The number of nitrogens with zero attached hydrogens (tertiary/aromatic N) is 2. The highest BCUT2D eigenvalue weighted by atomic mass is 16.5. The van der Waals surface area contributed by atoms with Crippen molar-refractivity contribution in [2.24, 2.45) is 0 Å². The third kappa shape index (κ3) is 3.96. The average molecular weight is 263 g/mol. The van der Waals surface area contributed by atoms with Gasteiger partial charge in [-0.25, -0.2) is 9.78 Å². The smallest absolute Gasteiger partial charge is 0.341 e. The lowest BCUT2D eigenvalue weighted by Gasteiger charge is -2.03. The highest BCUT2D eigenvalue weighted by Crippen LogP contribution is 2.08. The Kier molecular flexibility index (Phi) is 4.74. The number of aryl methyl sites for hydroxylation is 1. The van der Waals surface area contributed by atoms with Crippen molar-refractivity contribution in [2.45, 2.75) is 19.5 Å². The van der Waals surface area contributed by atoms with Crippen molar-refractivity contribution >= 4 is 5.97 Å². The van der Waals surface area contributed by atoms with Crippen LogP contribution in [0, 0.1) is 0 Å². The Hall–Kier alpha value is -2.08. The van der Waals surface area contributed by atoms with Crippen LogP contribution in [0.15, 0.2) is 35.5 Å². The molecular weight excluding hydrogens is 246 g/mol. The van der Waals surface area contributed by atoms with Crippen molar-refractivity contribution in [3.8, 4) is 0 Å². The number of esters is 1. The maximum Gasteiger partial charge on any atom is 0.341 e. The van der Waals surface area contributed by atoms with E-state index in [2.05, 4.69) is 15.0 Å². The molecule has 2 aromatic heterocycles. The number of methoxy groups -OCH3 is 1. The number of hydrogen-bond acceptors (Lipinski definition) is 5. The molecule has 1 N–H and O–H groups in total. The summed E-state index contributed by atoms with van der Waals surface area (Å²) < 4.78 is 11.9. The minimum atomic E-state index is -0.380. The molecule has 0 aliphatic heterocycles. The normalized spacial score (nSPS) is 10.6. The summed E-state index contributed by atoms with van der Waals surface area (Å²) in [5.74, 6) is 0.345. The molecule has 0 saturated carbocycles.